The Hall–Kier alpha value is -2.52. The number of aromatic nitrogens is 5. The number of pyridine rings is 1. The quantitative estimate of drug-likeness (QED) is 0.744. The second-order valence-electron chi connectivity index (χ2n) is 5.52. The third kappa shape index (κ3) is 3.36. The zero-order valence-electron chi connectivity index (χ0n) is 13.6. The maximum Gasteiger partial charge on any atom is 0.259 e. The van der Waals surface area contributed by atoms with Gasteiger partial charge in [-0.3, -0.25) is 9.67 Å². The van der Waals surface area contributed by atoms with Crippen molar-refractivity contribution in [1.82, 2.24) is 29.0 Å². The van der Waals surface area contributed by atoms with E-state index in [9.17, 15) is 8.42 Å². The summed E-state index contributed by atoms with van der Waals surface area (Å²) >= 11 is 0. The Bertz CT molecular complexity index is 937. The average Bonchev–Trinajstić information content (AvgIpc) is 3.13. The van der Waals surface area contributed by atoms with Crippen LogP contribution < -0.4 is 4.72 Å². The first kappa shape index (κ1) is 16.3. The van der Waals surface area contributed by atoms with Crippen LogP contribution >= 0.6 is 0 Å². The van der Waals surface area contributed by atoms with Crippen LogP contribution in [0, 0.1) is 6.92 Å². The van der Waals surface area contributed by atoms with E-state index in [-0.39, 0.29) is 11.6 Å². The lowest BCUT2D eigenvalue weighted by Crippen LogP contribution is -2.23. The van der Waals surface area contributed by atoms with Gasteiger partial charge in [0.2, 0.25) is 0 Å². The minimum Gasteiger partial charge on any atom is -0.337 e. The minimum atomic E-state index is -3.64. The molecule has 126 valence electrons. The van der Waals surface area contributed by atoms with Crippen LogP contribution in [0.3, 0.4) is 0 Å². The molecule has 0 atom stereocenters. The van der Waals surface area contributed by atoms with E-state index in [0.717, 1.165) is 16.8 Å². The highest BCUT2D eigenvalue weighted by atomic mass is 32.2. The summed E-state index contributed by atoms with van der Waals surface area (Å²) < 4.78 is 30.4. The molecule has 3 aromatic rings. The van der Waals surface area contributed by atoms with Crippen molar-refractivity contribution >= 4 is 10.0 Å². The lowest BCUT2D eigenvalue weighted by Gasteiger charge is -2.05. The molecule has 8 nitrogen and oxygen atoms in total. The molecular formula is C15H18N6O2S. The molecule has 0 aliphatic carbocycles. The van der Waals surface area contributed by atoms with Crippen LogP contribution in [0.5, 0.6) is 0 Å². The molecule has 0 aliphatic rings. The van der Waals surface area contributed by atoms with E-state index in [0.29, 0.717) is 5.82 Å². The number of imidazole rings is 1. The number of sulfonamides is 1. The Morgan fingerprint density at radius 2 is 1.96 bits per heavy atom. The van der Waals surface area contributed by atoms with E-state index < -0.39 is 10.0 Å². The minimum absolute atomic E-state index is 0.0161. The van der Waals surface area contributed by atoms with Crippen LogP contribution in [0.1, 0.15) is 11.4 Å². The summed E-state index contributed by atoms with van der Waals surface area (Å²) in [6, 6.07) is 3.67. The molecule has 3 aromatic heterocycles. The van der Waals surface area contributed by atoms with Crippen molar-refractivity contribution in [1.29, 1.82) is 0 Å². The lowest BCUT2D eigenvalue weighted by molar-refractivity contribution is 0.577. The lowest BCUT2D eigenvalue weighted by atomic mass is 10.2. The third-order valence-corrected chi connectivity index (χ3v) is 4.93. The number of hydrogen-bond donors (Lipinski definition) is 1. The van der Waals surface area contributed by atoms with Gasteiger partial charge in [-0.2, -0.15) is 5.10 Å². The van der Waals surface area contributed by atoms with E-state index in [1.807, 2.05) is 25.4 Å². The van der Waals surface area contributed by atoms with Crippen molar-refractivity contribution in [2.24, 2.45) is 14.1 Å². The van der Waals surface area contributed by atoms with Crippen LogP contribution in [-0.2, 0) is 30.7 Å². The van der Waals surface area contributed by atoms with Crippen molar-refractivity contribution in [3.63, 3.8) is 0 Å². The second kappa shape index (κ2) is 6.17. The number of aryl methyl sites for hydroxylation is 3. The summed E-state index contributed by atoms with van der Waals surface area (Å²) in [5.41, 5.74) is 2.46. The smallest absolute Gasteiger partial charge is 0.259 e. The summed E-state index contributed by atoms with van der Waals surface area (Å²) in [6.45, 7) is 1.90. The molecule has 0 fully saturated rings. The standard InChI is InChI=1S/C15H18N6O2S/c1-11-19-15(10-20(11)2)24(22,23)18-7-12-4-5-14(16-6-12)13-8-17-21(3)9-13/h4-6,8-10,18H,7H2,1-3H3. The van der Waals surface area contributed by atoms with Crippen LogP contribution in [0.2, 0.25) is 0 Å². The first-order valence-corrected chi connectivity index (χ1v) is 8.77. The van der Waals surface area contributed by atoms with Crippen LogP contribution in [0.25, 0.3) is 11.3 Å². The molecule has 0 aromatic carbocycles. The maximum atomic E-state index is 12.2. The summed E-state index contributed by atoms with van der Waals surface area (Å²) in [5, 5.41) is 4.12. The molecule has 0 saturated carbocycles. The summed E-state index contributed by atoms with van der Waals surface area (Å²) in [5.74, 6) is 0.637. The molecule has 9 heteroatoms. The Balaban J connectivity index is 1.70. The van der Waals surface area contributed by atoms with E-state index >= 15 is 0 Å². The van der Waals surface area contributed by atoms with Gasteiger partial charge in [-0.05, 0) is 18.6 Å². The second-order valence-corrected chi connectivity index (χ2v) is 7.23. The van der Waals surface area contributed by atoms with E-state index in [1.165, 1.54) is 6.20 Å². The van der Waals surface area contributed by atoms with Crippen molar-refractivity contribution < 1.29 is 8.42 Å². The highest BCUT2D eigenvalue weighted by Crippen LogP contribution is 2.16. The van der Waals surface area contributed by atoms with Crippen molar-refractivity contribution in [2.45, 2.75) is 18.5 Å². The first-order chi connectivity index (χ1) is 11.3. The van der Waals surface area contributed by atoms with Gasteiger partial charge in [0.25, 0.3) is 10.0 Å². The molecule has 0 aliphatic heterocycles. The number of hydrogen-bond acceptors (Lipinski definition) is 5. The van der Waals surface area contributed by atoms with Gasteiger partial charge in [0.1, 0.15) is 5.82 Å². The molecule has 3 heterocycles. The summed E-state index contributed by atoms with van der Waals surface area (Å²) in [4.78, 5) is 8.38. The number of nitrogens with zero attached hydrogens (tertiary/aromatic N) is 5. The molecule has 0 radical (unpaired) electrons. The average molecular weight is 346 g/mol. The predicted molar refractivity (Wildman–Crippen MR) is 88.4 cm³/mol. The Morgan fingerprint density at radius 1 is 1.17 bits per heavy atom. The van der Waals surface area contributed by atoms with Gasteiger partial charge in [0.05, 0.1) is 11.9 Å². The van der Waals surface area contributed by atoms with Crippen molar-refractivity contribution in [2.75, 3.05) is 0 Å². The van der Waals surface area contributed by atoms with Gasteiger partial charge in [-0.1, -0.05) is 6.07 Å². The Kier molecular flexibility index (Phi) is 4.20. The molecule has 3 rings (SSSR count). The van der Waals surface area contributed by atoms with E-state index in [2.05, 4.69) is 19.8 Å². The monoisotopic (exact) mass is 346 g/mol. The molecule has 1 N–H and O–H groups in total. The number of rotatable bonds is 5. The molecule has 0 unspecified atom stereocenters. The molecule has 24 heavy (non-hydrogen) atoms. The van der Waals surface area contributed by atoms with Crippen molar-refractivity contribution in [3.8, 4) is 11.3 Å². The van der Waals surface area contributed by atoms with E-state index in [4.69, 9.17) is 0 Å². The fourth-order valence-corrected chi connectivity index (χ4v) is 3.22. The fraction of sp³-hybridized carbons (Fsp3) is 0.267. The highest BCUT2D eigenvalue weighted by Gasteiger charge is 2.18. The summed E-state index contributed by atoms with van der Waals surface area (Å²) in [6.07, 6.45) is 6.73. The summed E-state index contributed by atoms with van der Waals surface area (Å²) in [7, 11) is -0.0505. The van der Waals surface area contributed by atoms with Gasteiger partial charge in [0.15, 0.2) is 5.03 Å². The number of nitrogens with one attached hydrogen (secondary N) is 1. The van der Waals surface area contributed by atoms with Crippen molar-refractivity contribution in [3.05, 3.63) is 48.3 Å². The zero-order chi connectivity index (χ0) is 17.3. The predicted octanol–water partition coefficient (Wildman–Crippen LogP) is 1.00. The molecular weight excluding hydrogens is 328 g/mol. The normalized spacial score (nSPS) is 11.8. The maximum absolute atomic E-state index is 12.2. The van der Waals surface area contributed by atoms with Gasteiger partial charge in [-0.15, -0.1) is 0 Å². The molecule has 0 amide bonds. The van der Waals surface area contributed by atoms with Gasteiger partial charge in [0, 0.05) is 44.8 Å². The third-order valence-electron chi connectivity index (χ3n) is 3.65. The molecule has 0 spiro atoms. The van der Waals surface area contributed by atoms with Crippen LogP contribution in [0.15, 0.2) is 41.9 Å². The van der Waals surface area contributed by atoms with E-state index in [1.54, 1.807) is 35.6 Å². The van der Waals surface area contributed by atoms with Crippen LogP contribution in [0.4, 0.5) is 0 Å². The van der Waals surface area contributed by atoms with Gasteiger partial charge < -0.3 is 4.57 Å². The SMILES string of the molecule is Cc1nc(S(=O)(=O)NCc2ccc(-c3cnn(C)c3)nc2)cn1C. The molecule has 0 bridgehead atoms. The van der Waals surface area contributed by atoms with Crippen LogP contribution in [-0.4, -0.2) is 32.7 Å². The zero-order valence-corrected chi connectivity index (χ0v) is 14.4. The topological polar surface area (TPSA) is 94.7 Å². The Morgan fingerprint density at radius 3 is 2.50 bits per heavy atom. The van der Waals surface area contributed by atoms with Gasteiger partial charge >= 0.3 is 0 Å². The molecule has 0 saturated heterocycles. The Labute approximate surface area is 140 Å². The fourth-order valence-electron chi connectivity index (χ4n) is 2.16. The van der Waals surface area contributed by atoms with Gasteiger partial charge in [-0.25, -0.2) is 18.1 Å². The highest BCUT2D eigenvalue weighted by molar-refractivity contribution is 7.89. The largest absolute Gasteiger partial charge is 0.337 e. The first-order valence-electron chi connectivity index (χ1n) is 7.29.